The van der Waals surface area contributed by atoms with Crippen LogP contribution in [0.5, 0.6) is 0 Å². The highest BCUT2D eigenvalue weighted by molar-refractivity contribution is 6.62. The van der Waals surface area contributed by atoms with Gasteiger partial charge in [0, 0.05) is 5.69 Å². The smallest absolute Gasteiger partial charge is 0.399 e. The van der Waals surface area contributed by atoms with Gasteiger partial charge in [-0.2, -0.15) is 0 Å². The fourth-order valence-electron chi connectivity index (χ4n) is 2.51. The third-order valence-corrected chi connectivity index (χ3v) is 4.65. The second kappa shape index (κ2) is 6.15. The minimum Gasteiger partial charge on any atom is -0.399 e. The van der Waals surface area contributed by atoms with Gasteiger partial charge in [-0.3, -0.25) is 9.98 Å². The molecule has 0 aliphatic carbocycles. The molecule has 0 unspecified atom stereocenters. The second-order valence-electron chi connectivity index (χ2n) is 7.15. The van der Waals surface area contributed by atoms with Crippen LogP contribution in [0.25, 0.3) is 0 Å². The fourth-order valence-corrected chi connectivity index (χ4v) is 2.51. The molecule has 0 saturated carbocycles. The lowest BCUT2D eigenvalue weighted by molar-refractivity contribution is 0.00578. The number of hydrogen-bond donors (Lipinski definition) is 0. The average molecular weight is 322 g/mol. The Bertz CT molecular complexity index is 755. The molecule has 5 heteroatoms. The molecule has 1 aliphatic heterocycles. The van der Waals surface area contributed by atoms with Crippen LogP contribution in [0, 0.1) is 6.92 Å². The molecular weight excluding hydrogens is 299 g/mol. The van der Waals surface area contributed by atoms with E-state index in [4.69, 9.17) is 9.31 Å². The number of aryl methyl sites for hydroxylation is 1. The Morgan fingerprint density at radius 3 is 2.33 bits per heavy atom. The summed E-state index contributed by atoms with van der Waals surface area (Å²) >= 11 is 0. The topological polar surface area (TPSA) is 43.7 Å². The van der Waals surface area contributed by atoms with Crippen molar-refractivity contribution in [2.45, 2.75) is 45.8 Å². The predicted octanol–water partition coefficient (Wildman–Crippen LogP) is 3.44. The van der Waals surface area contributed by atoms with Crippen LogP contribution in [0.2, 0.25) is 0 Å². The molecule has 0 radical (unpaired) electrons. The SMILES string of the molecule is Cc1cccc(C=Nc2cccc(B3OC(C)(C)C(C)(C)O3)c2)n1. The number of aliphatic imine (C=N–C) groups is 1. The third-order valence-electron chi connectivity index (χ3n) is 4.65. The van der Waals surface area contributed by atoms with E-state index in [-0.39, 0.29) is 18.3 Å². The quantitative estimate of drug-likeness (QED) is 0.642. The molecule has 0 amide bonds. The Hall–Kier alpha value is -1.98. The third kappa shape index (κ3) is 3.42. The molecule has 0 atom stereocenters. The standard InChI is InChI=1S/C19H23BN2O2/c1-14-8-6-11-17(22-14)13-21-16-10-7-9-15(12-16)20-23-18(2,3)19(4,5)24-20/h6-13H,1-5H3. The number of hydrogen-bond acceptors (Lipinski definition) is 4. The summed E-state index contributed by atoms with van der Waals surface area (Å²) < 4.78 is 12.2. The summed E-state index contributed by atoms with van der Waals surface area (Å²) in [7, 11) is -0.373. The molecule has 1 aromatic heterocycles. The van der Waals surface area contributed by atoms with Crippen molar-refractivity contribution in [2.24, 2.45) is 4.99 Å². The number of benzene rings is 1. The van der Waals surface area contributed by atoms with Gasteiger partial charge in [-0.15, -0.1) is 0 Å². The van der Waals surface area contributed by atoms with Crippen LogP contribution in [0.4, 0.5) is 5.69 Å². The Kier molecular flexibility index (Phi) is 4.32. The molecule has 3 rings (SSSR count). The summed E-state index contributed by atoms with van der Waals surface area (Å²) in [4.78, 5) is 8.95. The summed E-state index contributed by atoms with van der Waals surface area (Å²) in [5, 5.41) is 0. The Labute approximate surface area is 144 Å². The Morgan fingerprint density at radius 2 is 1.67 bits per heavy atom. The molecule has 24 heavy (non-hydrogen) atoms. The lowest BCUT2D eigenvalue weighted by Gasteiger charge is -2.32. The van der Waals surface area contributed by atoms with E-state index in [0.29, 0.717) is 0 Å². The van der Waals surface area contributed by atoms with Crippen molar-refractivity contribution in [1.82, 2.24) is 4.98 Å². The van der Waals surface area contributed by atoms with Crippen LogP contribution in [-0.4, -0.2) is 29.5 Å². The minimum atomic E-state index is -0.373. The summed E-state index contributed by atoms with van der Waals surface area (Å²) in [6.45, 7) is 10.2. The van der Waals surface area contributed by atoms with Gasteiger partial charge in [0.1, 0.15) is 0 Å². The van der Waals surface area contributed by atoms with Crippen LogP contribution in [0.3, 0.4) is 0 Å². The van der Waals surface area contributed by atoms with Crippen molar-refractivity contribution in [2.75, 3.05) is 0 Å². The van der Waals surface area contributed by atoms with Crippen molar-refractivity contribution in [1.29, 1.82) is 0 Å². The van der Waals surface area contributed by atoms with Crippen LogP contribution in [0.1, 0.15) is 39.1 Å². The second-order valence-corrected chi connectivity index (χ2v) is 7.15. The normalized spacial score (nSPS) is 19.1. The molecule has 1 aromatic carbocycles. The van der Waals surface area contributed by atoms with Gasteiger partial charge in [0.2, 0.25) is 0 Å². The van der Waals surface area contributed by atoms with E-state index in [1.807, 2.05) is 49.4 Å². The van der Waals surface area contributed by atoms with Gasteiger partial charge in [-0.1, -0.05) is 18.2 Å². The summed E-state index contributed by atoms with van der Waals surface area (Å²) in [5.41, 5.74) is 2.96. The van der Waals surface area contributed by atoms with Gasteiger partial charge in [0.05, 0.1) is 28.8 Å². The van der Waals surface area contributed by atoms with Gasteiger partial charge in [0.25, 0.3) is 0 Å². The van der Waals surface area contributed by atoms with Gasteiger partial charge in [0.15, 0.2) is 0 Å². The van der Waals surface area contributed by atoms with Crippen LogP contribution in [-0.2, 0) is 9.31 Å². The van der Waals surface area contributed by atoms with E-state index in [1.165, 1.54) is 0 Å². The minimum absolute atomic E-state index is 0.345. The van der Waals surface area contributed by atoms with Crippen LogP contribution in [0.15, 0.2) is 47.5 Å². The first-order chi connectivity index (χ1) is 11.3. The zero-order valence-corrected chi connectivity index (χ0v) is 14.9. The van der Waals surface area contributed by atoms with E-state index in [2.05, 4.69) is 37.7 Å². The summed E-state index contributed by atoms with van der Waals surface area (Å²) in [6, 6.07) is 13.8. The van der Waals surface area contributed by atoms with Gasteiger partial charge >= 0.3 is 7.12 Å². The molecule has 4 nitrogen and oxygen atoms in total. The van der Waals surface area contributed by atoms with E-state index >= 15 is 0 Å². The fraction of sp³-hybridized carbons (Fsp3) is 0.368. The number of rotatable bonds is 3. The van der Waals surface area contributed by atoms with Crippen molar-refractivity contribution in [3.8, 4) is 0 Å². The molecule has 2 heterocycles. The highest BCUT2D eigenvalue weighted by Gasteiger charge is 2.51. The Morgan fingerprint density at radius 1 is 1.00 bits per heavy atom. The van der Waals surface area contributed by atoms with Gasteiger partial charge in [-0.25, -0.2) is 0 Å². The molecule has 1 fully saturated rings. The lowest BCUT2D eigenvalue weighted by Crippen LogP contribution is -2.41. The largest absolute Gasteiger partial charge is 0.494 e. The van der Waals surface area contributed by atoms with E-state index < -0.39 is 0 Å². The van der Waals surface area contributed by atoms with Crippen LogP contribution >= 0.6 is 0 Å². The monoisotopic (exact) mass is 322 g/mol. The van der Waals surface area contributed by atoms with E-state index in [0.717, 1.165) is 22.5 Å². The van der Waals surface area contributed by atoms with Gasteiger partial charge in [-0.05, 0) is 64.3 Å². The first-order valence-corrected chi connectivity index (χ1v) is 8.20. The first kappa shape index (κ1) is 16.9. The molecule has 0 spiro atoms. The molecular formula is C19H23BN2O2. The van der Waals surface area contributed by atoms with Crippen LogP contribution < -0.4 is 5.46 Å². The number of nitrogens with zero attached hydrogens (tertiary/aromatic N) is 2. The van der Waals surface area contributed by atoms with Crippen molar-refractivity contribution in [3.63, 3.8) is 0 Å². The molecule has 1 saturated heterocycles. The van der Waals surface area contributed by atoms with E-state index in [9.17, 15) is 0 Å². The van der Waals surface area contributed by atoms with E-state index in [1.54, 1.807) is 6.21 Å². The lowest BCUT2D eigenvalue weighted by atomic mass is 9.79. The van der Waals surface area contributed by atoms with Gasteiger partial charge < -0.3 is 9.31 Å². The summed E-state index contributed by atoms with van der Waals surface area (Å²) in [6.07, 6.45) is 1.77. The maximum Gasteiger partial charge on any atom is 0.494 e. The summed E-state index contributed by atoms with van der Waals surface area (Å²) in [5.74, 6) is 0. The van der Waals surface area contributed by atoms with Crippen molar-refractivity contribution >= 4 is 24.5 Å². The van der Waals surface area contributed by atoms with Crippen molar-refractivity contribution < 1.29 is 9.31 Å². The highest BCUT2D eigenvalue weighted by atomic mass is 16.7. The van der Waals surface area contributed by atoms with Crippen molar-refractivity contribution in [3.05, 3.63) is 53.9 Å². The first-order valence-electron chi connectivity index (χ1n) is 8.20. The molecule has 0 bridgehead atoms. The molecule has 124 valence electrons. The number of pyridine rings is 1. The zero-order chi connectivity index (χ0) is 17.4. The maximum absolute atomic E-state index is 6.10. The maximum atomic E-state index is 6.10. The Balaban J connectivity index is 1.80. The average Bonchev–Trinajstić information content (AvgIpc) is 2.74. The molecule has 0 N–H and O–H groups in total. The highest BCUT2D eigenvalue weighted by Crippen LogP contribution is 2.36. The predicted molar refractivity (Wildman–Crippen MR) is 98.4 cm³/mol. The molecule has 1 aliphatic rings. The molecule has 2 aromatic rings. The number of aromatic nitrogens is 1. The zero-order valence-electron chi connectivity index (χ0n) is 14.9.